The predicted octanol–water partition coefficient (Wildman–Crippen LogP) is 3.70. The van der Waals surface area contributed by atoms with E-state index in [4.69, 9.17) is 14.3 Å². The molecule has 0 bridgehead atoms. The van der Waals surface area contributed by atoms with E-state index in [9.17, 15) is 9.59 Å². The van der Waals surface area contributed by atoms with E-state index in [1.54, 1.807) is 24.4 Å². The van der Waals surface area contributed by atoms with Gasteiger partial charge in [-0.05, 0) is 49.2 Å². The number of ether oxygens (including phenoxy) is 2. The zero-order valence-corrected chi connectivity index (χ0v) is 18.1. The standard InChI is InChI=1S/C24H22N4O5/c1-31-22-12-19-16(11-17(22)23(29)28-32-2)21(7-8-25-19)33-15-5-6-18-13(9-15)10-20(27-18)24(30)26-14-3-4-14/h5-12,14,27H,3-4H2,1-2H3,(H,26,30)(H,28,29). The highest BCUT2D eigenvalue weighted by Crippen LogP contribution is 2.34. The maximum atomic E-state index is 12.4. The Morgan fingerprint density at radius 2 is 1.88 bits per heavy atom. The van der Waals surface area contributed by atoms with Gasteiger partial charge < -0.3 is 19.8 Å². The molecule has 1 aliphatic rings. The molecular weight excluding hydrogens is 424 g/mol. The first kappa shape index (κ1) is 20.8. The molecule has 4 aromatic rings. The van der Waals surface area contributed by atoms with Crippen LogP contribution in [-0.2, 0) is 4.84 Å². The lowest BCUT2D eigenvalue weighted by Gasteiger charge is -2.13. The predicted molar refractivity (Wildman–Crippen MR) is 122 cm³/mol. The second-order valence-corrected chi connectivity index (χ2v) is 7.80. The van der Waals surface area contributed by atoms with Crippen LogP contribution in [0.2, 0.25) is 0 Å². The van der Waals surface area contributed by atoms with Crippen LogP contribution < -0.4 is 20.3 Å². The molecule has 168 valence electrons. The number of carbonyl (C=O) groups is 2. The number of pyridine rings is 1. The number of nitrogens with zero attached hydrogens (tertiary/aromatic N) is 1. The molecule has 0 spiro atoms. The van der Waals surface area contributed by atoms with Crippen LogP contribution in [0, 0.1) is 0 Å². The largest absolute Gasteiger partial charge is 0.496 e. The van der Waals surface area contributed by atoms with Gasteiger partial charge in [0.25, 0.3) is 11.8 Å². The number of benzene rings is 2. The van der Waals surface area contributed by atoms with Crippen molar-refractivity contribution >= 4 is 33.6 Å². The quantitative estimate of drug-likeness (QED) is 0.373. The zero-order chi connectivity index (χ0) is 22.9. The Balaban J connectivity index is 1.48. The molecule has 1 fully saturated rings. The maximum absolute atomic E-state index is 12.4. The number of hydrogen-bond acceptors (Lipinski definition) is 6. The fraction of sp³-hybridized carbons (Fsp3) is 0.208. The van der Waals surface area contributed by atoms with Gasteiger partial charge in [0.05, 0.1) is 25.3 Å². The number of hydroxylamine groups is 1. The molecule has 0 unspecified atom stereocenters. The average molecular weight is 446 g/mol. The van der Waals surface area contributed by atoms with E-state index < -0.39 is 5.91 Å². The number of hydrogen-bond donors (Lipinski definition) is 3. The van der Waals surface area contributed by atoms with Gasteiger partial charge in [-0.2, -0.15) is 0 Å². The first-order valence-corrected chi connectivity index (χ1v) is 10.5. The Labute approximate surface area is 189 Å². The zero-order valence-electron chi connectivity index (χ0n) is 18.1. The fourth-order valence-electron chi connectivity index (χ4n) is 3.65. The molecule has 0 saturated heterocycles. The third-order valence-electron chi connectivity index (χ3n) is 5.44. The number of fused-ring (bicyclic) bond motifs is 2. The Kier molecular flexibility index (Phi) is 5.31. The number of rotatable bonds is 7. The van der Waals surface area contributed by atoms with Crippen molar-refractivity contribution in [3.8, 4) is 17.2 Å². The van der Waals surface area contributed by atoms with E-state index >= 15 is 0 Å². The number of amides is 2. The first-order chi connectivity index (χ1) is 16.1. The lowest BCUT2D eigenvalue weighted by Crippen LogP contribution is -2.25. The molecule has 9 nitrogen and oxygen atoms in total. The van der Waals surface area contributed by atoms with Crippen molar-refractivity contribution in [2.75, 3.05) is 14.2 Å². The van der Waals surface area contributed by atoms with Gasteiger partial charge in [0.15, 0.2) is 0 Å². The van der Waals surface area contributed by atoms with Crippen LogP contribution >= 0.6 is 0 Å². The second-order valence-electron chi connectivity index (χ2n) is 7.80. The van der Waals surface area contributed by atoms with Gasteiger partial charge in [-0.15, -0.1) is 0 Å². The van der Waals surface area contributed by atoms with Crippen LogP contribution in [0.5, 0.6) is 17.2 Å². The molecule has 0 aliphatic heterocycles. The van der Waals surface area contributed by atoms with Crippen molar-refractivity contribution in [2.45, 2.75) is 18.9 Å². The summed E-state index contributed by atoms with van der Waals surface area (Å²) in [6.07, 6.45) is 3.69. The van der Waals surface area contributed by atoms with Crippen molar-refractivity contribution in [1.29, 1.82) is 0 Å². The number of aromatic amines is 1. The van der Waals surface area contributed by atoms with Gasteiger partial charge >= 0.3 is 0 Å². The maximum Gasteiger partial charge on any atom is 0.278 e. The van der Waals surface area contributed by atoms with E-state index in [2.05, 4.69) is 20.8 Å². The molecule has 2 amide bonds. The van der Waals surface area contributed by atoms with Crippen LogP contribution in [0.3, 0.4) is 0 Å². The van der Waals surface area contributed by atoms with Crippen molar-refractivity contribution in [3.63, 3.8) is 0 Å². The molecule has 33 heavy (non-hydrogen) atoms. The van der Waals surface area contributed by atoms with E-state index in [0.717, 1.165) is 23.7 Å². The Morgan fingerprint density at radius 1 is 1.03 bits per heavy atom. The van der Waals surface area contributed by atoms with Gasteiger partial charge in [-0.1, -0.05) is 0 Å². The van der Waals surface area contributed by atoms with Gasteiger partial charge in [0, 0.05) is 34.6 Å². The van der Waals surface area contributed by atoms with Crippen LogP contribution in [0.25, 0.3) is 21.8 Å². The summed E-state index contributed by atoms with van der Waals surface area (Å²) in [5, 5.41) is 4.47. The van der Waals surface area contributed by atoms with Crippen molar-refractivity contribution in [3.05, 3.63) is 59.9 Å². The lowest BCUT2D eigenvalue weighted by molar-refractivity contribution is 0.0535. The summed E-state index contributed by atoms with van der Waals surface area (Å²) in [4.78, 5) is 37.0. The topological polar surface area (TPSA) is 115 Å². The number of H-pyrrole nitrogens is 1. The summed E-state index contributed by atoms with van der Waals surface area (Å²) in [5.41, 5.74) is 4.56. The number of aromatic nitrogens is 2. The minimum atomic E-state index is -0.447. The monoisotopic (exact) mass is 446 g/mol. The first-order valence-electron chi connectivity index (χ1n) is 10.5. The van der Waals surface area contributed by atoms with E-state index in [1.807, 2.05) is 24.3 Å². The molecule has 9 heteroatoms. The van der Waals surface area contributed by atoms with Gasteiger partial charge in [-0.3, -0.25) is 19.4 Å². The van der Waals surface area contributed by atoms with Gasteiger partial charge in [-0.25, -0.2) is 5.48 Å². The fourth-order valence-corrected chi connectivity index (χ4v) is 3.65. The summed E-state index contributed by atoms with van der Waals surface area (Å²) < 4.78 is 11.5. The third kappa shape index (κ3) is 4.18. The van der Waals surface area contributed by atoms with Crippen LogP contribution in [0.4, 0.5) is 0 Å². The second kappa shape index (κ2) is 8.44. The van der Waals surface area contributed by atoms with Crippen LogP contribution in [0.15, 0.2) is 48.7 Å². The highest BCUT2D eigenvalue weighted by Gasteiger charge is 2.24. The number of methoxy groups -OCH3 is 1. The van der Waals surface area contributed by atoms with Gasteiger partial charge in [0.1, 0.15) is 22.9 Å². The van der Waals surface area contributed by atoms with Crippen molar-refractivity contribution in [2.24, 2.45) is 0 Å². The number of nitrogens with one attached hydrogen (secondary N) is 3. The molecule has 0 atom stereocenters. The van der Waals surface area contributed by atoms with Crippen molar-refractivity contribution in [1.82, 2.24) is 20.8 Å². The average Bonchev–Trinajstić information content (AvgIpc) is 3.53. The summed E-state index contributed by atoms with van der Waals surface area (Å²) in [6, 6.07) is 12.7. The van der Waals surface area contributed by atoms with Gasteiger partial charge in [0.2, 0.25) is 0 Å². The molecule has 3 N–H and O–H groups in total. The van der Waals surface area contributed by atoms with Crippen molar-refractivity contribution < 1.29 is 23.9 Å². The molecule has 1 aliphatic carbocycles. The molecule has 0 radical (unpaired) electrons. The summed E-state index contributed by atoms with van der Waals surface area (Å²) in [5.74, 6) is 0.925. The highest BCUT2D eigenvalue weighted by molar-refractivity contribution is 6.02. The molecular formula is C24H22N4O5. The Bertz CT molecular complexity index is 1380. The summed E-state index contributed by atoms with van der Waals surface area (Å²) in [7, 11) is 2.84. The van der Waals surface area contributed by atoms with Crippen LogP contribution in [-0.4, -0.2) is 42.0 Å². The summed E-state index contributed by atoms with van der Waals surface area (Å²) >= 11 is 0. The SMILES string of the molecule is CONC(=O)c1cc2c(Oc3ccc4[nH]c(C(=O)NC5CC5)cc4c3)ccnc2cc1OC. The molecule has 2 aromatic carbocycles. The molecule has 2 aromatic heterocycles. The van der Waals surface area contributed by atoms with E-state index in [0.29, 0.717) is 33.8 Å². The normalized spacial score (nSPS) is 13.2. The number of carbonyl (C=O) groups excluding carboxylic acids is 2. The third-order valence-corrected chi connectivity index (χ3v) is 5.44. The highest BCUT2D eigenvalue weighted by atomic mass is 16.6. The molecule has 2 heterocycles. The minimum Gasteiger partial charge on any atom is -0.496 e. The van der Waals surface area contributed by atoms with Crippen LogP contribution in [0.1, 0.15) is 33.7 Å². The Hall–Kier alpha value is -4.11. The lowest BCUT2D eigenvalue weighted by atomic mass is 10.1. The Morgan fingerprint density at radius 3 is 2.64 bits per heavy atom. The molecule has 1 saturated carbocycles. The molecule has 5 rings (SSSR count). The summed E-state index contributed by atoms with van der Waals surface area (Å²) in [6.45, 7) is 0. The van der Waals surface area contributed by atoms with E-state index in [-0.39, 0.29) is 17.5 Å². The smallest absolute Gasteiger partial charge is 0.278 e. The minimum absolute atomic E-state index is 0.105. The van der Waals surface area contributed by atoms with E-state index in [1.165, 1.54) is 14.2 Å².